The number of ketones is 1. The highest BCUT2D eigenvalue weighted by molar-refractivity contribution is 6.00. The molecule has 0 N–H and O–H groups in total. The van der Waals surface area contributed by atoms with Crippen molar-refractivity contribution in [1.29, 1.82) is 0 Å². The number of carbonyl (C=O) groups is 1. The van der Waals surface area contributed by atoms with Crippen molar-refractivity contribution in [2.45, 2.75) is 12.5 Å². The van der Waals surface area contributed by atoms with Crippen LogP contribution < -0.4 is 4.74 Å². The number of ether oxygens (including phenoxy) is 1. The molecule has 0 fully saturated rings. The zero-order chi connectivity index (χ0) is 13.1. The van der Waals surface area contributed by atoms with Crippen LogP contribution >= 0.6 is 0 Å². The van der Waals surface area contributed by atoms with Gasteiger partial charge in [0.2, 0.25) is 0 Å². The van der Waals surface area contributed by atoms with Gasteiger partial charge in [0, 0.05) is 5.56 Å². The van der Waals surface area contributed by atoms with Crippen LogP contribution in [0.3, 0.4) is 0 Å². The lowest BCUT2D eigenvalue weighted by Gasteiger charge is -2.21. The van der Waals surface area contributed by atoms with Crippen LogP contribution in [0, 0.1) is 11.8 Å². The van der Waals surface area contributed by atoms with Crippen molar-refractivity contribution in [3.8, 4) is 17.6 Å². The minimum atomic E-state index is -0.359. The summed E-state index contributed by atoms with van der Waals surface area (Å²) in [5.74, 6) is 6.78. The maximum Gasteiger partial charge on any atom is 0.171 e. The average Bonchev–Trinajstić information content (AvgIpc) is 2.46. The van der Waals surface area contributed by atoms with Crippen molar-refractivity contribution in [3.05, 3.63) is 65.7 Å². The Morgan fingerprint density at radius 3 is 2.58 bits per heavy atom. The number of hydrogen-bond acceptors (Lipinski definition) is 2. The molecule has 0 saturated carbocycles. The third kappa shape index (κ3) is 2.51. The molecule has 0 aliphatic carbocycles. The van der Waals surface area contributed by atoms with Gasteiger partial charge in [-0.2, -0.15) is 0 Å². The minimum Gasteiger partial charge on any atom is -0.477 e. The van der Waals surface area contributed by atoms with Gasteiger partial charge in [0.05, 0.1) is 12.0 Å². The van der Waals surface area contributed by atoms with Gasteiger partial charge in [-0.15, -0.1) is 0 Å². The van der Waals surface area contributed by atoms with Gasteiger partial charge < -0.3 is 4.74 Å². The number of rotatable bonds is 0. The molecule has 19 heavy (non-hydrogen) atoms. The molecule has 1 atom stereocenters. The molecular formula is C17H12O2. The summed E-state index contributed by atoms with van der Waals surface area (Å²) in [7, 11) is 0. The van der Waals surface area contributed by atoms with Gasteiger partial charge in [-0.05, 0) is 24.3 Å². The van der Waals surface area contributed by atoms with E-state index in [1.54, 1.807) is 6.07 Å². The molecule has 0 bridgehead atoms. The molecule has 0 saturated heterocycles. The summed E-state index contributed by atoms with van der Waals surface area (Å²) < 4.78 is 5.73. The lowest BCUT2D eigenvalue weighted by atomic mass is 10.0. The summed E-state index contributed by atoms with van der Waals surface area (Å²) in [6.07, 6.45) is -0.0424. The highest BCUT2D eigenvalue weighted by atomic mass is 16.5. The first-order chi connectivity index (χ1) is 9.33. The van der Waals surface area contributed by atoms with Crippen molar-refractivity contribution in [2.75, 3.05) is 0 Å². The predicted molar refractivity (Wildman–Crippen MR) is 73.1 cm³/mol. The van der Waals surface area contributed by atoms with Gasteiger partial charge >= 0.3 is 0 Å². The smallest absolute Gasteiger partial charge is 0.171 e. The third-order valence-electron chi connectivity index (χ3n) is 2.98. The van der Waals surface area contributed by atoms with Crippen molar-refractivity contribution < 1.29 is 9.53 Å². The summed E-state index contributed by atoms with van der Waals surface area (Å²) in [4.78, 5) is 12.0. The SMILES string of the molecule is O=C1C[C@H](C#Cc2ccccc2)Oc2ccccc21. The Kier molecular flexibility index (Phi) is 3.04. The van der Waals surface area contributed by atoms with Gasteiger partial charge in [-0.1, -0.05) is 42.2 Å². The Hall–Kier alpha value is -2.53. The highest BCUT2D eigenvalue weighted by Gasteiger charge is 2.24. The molecule has 1 aliphatic heterocycles. The molecule has 3 rings (SSSR count). The molecule has 0 unspecified atom stereocenters. The standard InChI is InChI=1S/C17H12O2/c18-16-12-14(11-10-13-6-2-1-3-7-13)19-17-9-5-4-8-15(16)17/h1-9,14H,12H2/t14-/m0/s1. The molecular weight excluding hydrogens is 236 g/mol. The van der Waals surface area contributed by atoms with Crippen LogP contribution in [0.5, 0.6) is 5.75 Å². The van der Waals surface area contributed by atoms with E-state index in [-0.39, 0.29) is 11.9 Å². The second kappa shape index (κ2) is 4.99. The Morgan fingerprint density at radius 2 is 1.74 bits per heavy atom. The Balaban J connectivity index is 1.83. The summed E-state index contributed by atoms with van der Waals surface area (Å²) in [6.45, 7) is 0. The predicted octanol–water partition coefficient (Wildman–Crippen LogP) is 3.07. The monoisotopic (exact) mass is 248 g/mol. The second-order valence-corrected chi connectivity index (χ2v) is 4.37. The first kappa shape index (κ1) is 11.6. The fraction of sp³-hybridized carbons (Fsp3) is 0.118. The number of hydrogen-bond donors (Lipinski definition) is 0. The van der Waals surface area contributed by atoms with Gasteiger partial charge in [-0.25, -0.2) is 0 Å². The molecule has 1 heterocycles. The number of Topliss-reactive ketones (excluding diaryl/α,β-unsaturated/α-hetero) is 1. The maximum absolute atomic E-state index is 12.0. The number of para-hydroxylation sites is 1. The number of fused-ring (bicyclic) bond motifs is 1. The molecule has 1 aliphatic rings. The number of carbonyl (C=O) groups excluding carboxylic acids is 1. The summed E-state index contributed by atoms with van der Waals surface area (Å²) in [5, 5.41) is 0. The van der Waals surface area contributed by atoms with E-state index in [9.17, 15) is 4.79 Å². The highest BCUT2D eigenvalue weighted by Crippen LogP contribution is 2.26. The van der Waals surface area contributed by atoms with Gasteiger partial charge in [-0.3, -0.25) is 4.79 Å². The fourth-order valence-electron chi connectivity index (χ4n) is 2.04. The van der Waals surface area contributed by atoms with E-state index in [2.05, 4.69) is 11.8 Å². The Morgan fingerprint density at radius 1 is 1.00 bits per heavy atom. The molecule has 0 radical (unpaired) electrons. The van der Waals surface area contributed by atoms with Crippen LogP contribution in [-0.2, 0) is 0 Å². The van der Waals surface area contributed by atoms with E-state index >= 15 is 0 Å². The van der Waals surface area contributed by atoms with Crippen LogP contribution in [0.4, 0.5) is 0 Å². The van der Waals surface area contributed by atoms with Crippen LogP contribution in [0.25, 0.3) is 0 Å². The van der Waals surface area contributed by atoms with Gasteiger partial charge in [0.15, 0.2) is 11.9 Å². The molecule has 2 aromatic carbocycles. The zero-order valence-corrected chi connectivity index (χ0v) is 10.3. The normalized spacial score (nSPS) is 16.8. The fourth-order valence-corrected chi connectivity index (χ4v) is 2.04. The molecule has 2 nitrogen and oxygen atoms in total. The van der Waals surface area contributed by atoms with Crippen molar-refractivity contribution in [3.63, 3.8) is 0 Å². The van der Waals surface area contributed by atoms with E-state index in [1.165, 1.54) is 0 Å². The first-order valence-corrected chi connectivity index (χ1v) is 6.18. The van der Waals surface area contributed by atoms with Gasteiger partial charge in [0.25, 0.3) is 0 Å². The quantitative estimate of drug-likeness (QED) is 0.670. The molecule has 92 valence electrons. The van der Waals surface area contributed by atoms with Crippen molar-refractivity contribution in [2.24, 2.45) is 0 Å². The van der Waals surface area contributed by atoms with E-state index < -0.39 is 0 Å². The maximum atomic E-state index is 12.0. The molecule has 2 heteroatoms. The van der Waals surface area contributed by atoms with Crippen LogP contribution in [0.15, 0.2) is 54.6 Å². The summed E-state index contributed by atoms with van der Waals surface area (Å²) >= 11 is 0. The molecule has 2 aromatic rings. The van der Waals surface area contributed by atoms with E-state index in [1.807, 2.05) is 48.5 Å². The molecule has 0 amide bonds. The lowest BCUT2D eigenvalue weighted by molar-refractivity contribution is 0.0900. The first-order valence-electron chi connectivity index (χ1n) is 6.18. The van der Waals surface area contributed by atoms with Crippen LogP contribution in [0.1, 0.15) is 22.3 Å². The third-order valence-corrected chi connectivity index (χ3v) is 2.98. The van der Waals surface area contributed by atoms with E-state index in [4.69, 9.17) is 4.74 Å². The summed E-state index contributed by atoms with van der Waals surface area (Å²) in [6, 6.07) is 17.0. The molecule has 0 spiro atoms. The van der Waals surface area contributed by atoms with E-state index in [0.29, 0.717) is 17.7 Å². The van der Waals surface area contributed by atoms with Crippen LogP contribution in [-0.4, -0.2) is 11.9 Å². The van der Waals surface area contributed by atoms with Crippen LogP contribution in [0.2, 0.25) is 0 Å². The average molecular weight is 248 g/mol. The summed E-state index contributed by atoms with van der Waals surface area (Å²) in [5.41, 5.74) is 1.58. The largest absolute Gasteiger partial charge is 0.477 e. The van der Waals surface area contributed by atoms with Gasteiger partial charge in [0.1, 0.15) is 5.75 Å². The molecule has 0 aromatic heterocycles. The van der Waals surface area contributed by atoms with Crippen molar-refractivity contribution in [1.82, 2.24) is 0 Å². The lowest BCUT2D eigenvalue weighted by Crippen LogP contribution is -2.25. The topological polar surface area (TPSA) is 26.3 Å². The second-order valence-electron chi connectivity index (χ2n) is 4.37. The Bertz CT molecular complexity index is 662. The van der Waals surface area contributed by atoms with E-state index in [0.717, 1.165) is 5.56 Å². The minimum absolute atomic E-state index is 0.0919. The zero-order valence-electron chi connectivity index (χ0n) is 10.3. The Labute approximate surface area is 112 Å². The number of benzene rings is 2. The van der Waals surface area contributed by atoms with Crippen molar-refractivity contribution >= 4 is 5.78 Å².